The molecule has 39 heavy (non-hydrogen) atoms. The average Bonchev–Trinajstić information content (AvgIpc) is 3.07. The van der Waals surface area contributed by atoms with E-state index in [9.17, 15) is 24.3 Å². The molecule has 0 saturated heterocycles. The van der Waals surface area contributed by atoms with Gasteiger partial charge in [-0.05, 0) is 57.6 Å². The Morgan fingerprint density at radius 3 is 2.51 bits per heavy atom. The molecular formula is C29H39FO9. The number of hydrogen-bond acceptors (Lipinski definition) is 9. The molecule has 9 nitrogen and oxygen atoms in total. The molecule has 0 amide bonds. The fraction of sp³-hybridized carbons (Fsp3) is 0.724. The molecule has 3 fully saturated rings. The first-order valence-corrected chi connectivity index (χ1v) is 13.8. The summed E-state index contributed by atoms with van der Waals surface area (Å²) in [5.74, 6) is -3.49. The third-order valence-corrected chi connectivity index (χ3v) is 9.85. The summed E-state index contributed by atoms with van der Waals surface area (Å²) in [7, 11) is 0. The van der Waals surface area contributed by atoms with Gasteiger partial charge in [-0.2, -0.15) is 0 Å². The molecular weight excluding hydrogens is 511 g/mol. The monoisotopic (exact) mass is 550 g/mol. The Hall–Kier alpha value is -2.75. The number of alkyl halides is 1. The Kier molecular flexibility index (Phi) is 7.51. The van der Waals surface area contributed by atoms with E-state index in [0.717, 1.165) is 0 Å². The lowest BCUT2D eigenvalue weighted by Gasteiger charge is -2.62. The van der Waals surface area contributed by atoms with Crippen LogP contribution in [-0.2, 0) is 33.3 Å². The van der Waals surface area contributed by atoms with E-state index in [1.54, 1.807) is 40.7 Å². The lowest BCUT2D eigenvalue weighted by Crippen LogP contribution is -2.70. The Morgan fingerprint density at radius 2 is 1.87 bits per heavy atom. The van der Waals surface area contributed by atoms with Crippen LogP contribution in [0.25, 0.3) is 0 Å². The van der Waals surface area contributed by atoms with E-state index in [0.29, 0.717) is 24.8 Å². The van der Waals surface area contributed by atoms with Crippen LogP contribution in [0.5, 0.6) is 0 Å². The van der Waals surface area contributed by atoms with Crippen LogP contribution in [0.15, 0.2) is 23.8 Å². The van der Waals surface area contributed by atoms with Crippen LogP contribution in [0.3, 0.4) is 0 Å². The predicted octanol–water partition coefficient (Wildman–Crippen LogP) is 4.36. The number of ether oxygens (including phenoxy) is 4. The highest BCUT2D eigenvalue weighted by atomic mass is 19.1. The number of esters is 2. The number of allylic oxidation sites excluding steroid dienone is 4. The van der Waals surface area contributed by atoms with Gasteiger partial charge in [0.05, 0.1) is 12.7 Å². The van der Waals surface area contributed by atoms with Gasteiger partial charge < -0.3 is 24.1 Å². The van der Waals surface area contributed by atoms with Gasteiger partial charge in [-0.25, -0.2) is 14.0 Å². The second kappa shape index (κ2) is 10.0. The van der Waals surface area contributed by atoms with Gasteiger partial charge in [0.25, 0.3) is 0 Å². The van der Waals surface area contributed by atoms with Crippen molar-refractivity contribution in [3.63, 3.8) is 0 Å². The fourth-order valence-electron chi connectivity index (χ4n) is 8.03. The summed E-state index contributed by atoms with van der Waals surface area (Å²) < 4.78 is 38.7. The zero-order valence-electron chi connectivity index (χ0n) is 23.5. The van der Waals surface area contributed by atoms with Crippen molar-refractivity contribution in [1.82, 2.24) is 0 Å². The molecule has 4 rings (SSSR count). The summed E-state index contributed by atoms with van der Waals surface area (Å²) in [4.78, 5) is 50.6. The third-order valence-electron chi connectivity index (χ3n) is 9.85. The molecule has 4 aliphatic carbocycles. The normalized spacial score (nSPS) is 41.3. The van der Waals surface area contributed by atoms with E-state index in [4.69, 9.17) is 18.9 Å². The molecule has 9 atom stereocenters. The van der Waals surface area contributed by atoms with Gasteiger partial charge in [0.15, 0.2) is 11.5 Å². The molecule has 0 spiro atoms. The predicted molar refractivity (Wildman–Crippen MR) is 136 cm³/mol. The van der Waals surface area contributed by atoms with E-state index in [1.807, 2.05) is 0 Å². The quantitative estimate of drug-likeness (QED) is 0.292. The summed E-state index contributed by atoms with van der Waals surface area (Å²) >= 11 is 0. The molecule has 4 aliphatic rings. The summed E-state index contributed by atoms with van der Waals surface area (Å²) in [6.45, 7) is 9.83. The highest BCUT2D eigenvalue weighted by Crippen LogP contribution is 2.71. The van der Waals surface area contributed by atoms with Crippen LogP contribution in [0.4, 0.5) is 9.18 Å². The standard InChI is InChI=1S/C29H39FO9/c1-7-23(33)39-29(24(34)37-17(4)38-25(35)36-8-2)16(3)13-21-20-10-9-18-14-19(31)11-12-26(18,5)28(20,30)22(32)15-27(21,29)6/h11-12,14,16-17,20-22,32H,7-10,13,15H2,1-6H3/t16-,17?,20-,21-,22-,26-,27-,28-,29-/m0/s1. The van der Waals surface area contributed by atoms with E-state index in [-0.39, 0.29) is 25.2 Å². The summed E-state index contributed by atoms with van der Waals surface area (Å²) in [5, 5.41) is 11.6. The maximum atomic E-state index is 17.5. The molecule has 0 radical (unpaired) electrons. The van der Waals surface area contributed by atoms with Crippen LogP contribution in [0, 0.1) is 28.6 Å². The van der Waals surface area contributed by atoms with E-state index < -0.39 is 70.3 Å². The molecule has 0 heterocycles. The van der Waals surface area contributed by atoms with Crippen molar-refractivity contribution in [2.45, 2.75) is 97.3 Å². The maximum absolute atomic E-state index is 17.5. The van der Waals surface area contributed by atoms with E-state index in [1.165, 1.54) is 19.1 Å². The number of rotatable bonds is 6. The molecule has 1 unspecified atom stereocenters. The smallest absolute Gasteiger partial charge is 0.446 e. The van der Waals surface area contributed by atoms with Crippen molar-refractivity contribution in [1.29, 1.82) is 0 Å². The first kappa shape index (κ1) is 29.2. The minimum atomic E-state index is -2.10. The number of carbonyl (C=O) groups is 4. The SMILES string of the molecule is CCOC(=O)OC(C)OC(=O)[C@@]1(OC(=O)CC)[C@@H](C)C[C@H]2[C@@H]3CCC4=CC(=O)C=C[C@]4(C)[C@@]3(F)[C@@H](O)C[C@@]21C. The molecule has 3 saturated carbocycles. The van der Waals surface area contributed by atoms with Crippen LogP contribution in [0.2, 0.25) is 0 Å². The molecule has 0 aromatic carbocycles. The average molecular weight is 551 g/mol. The number of carbonyl (C=O) groups excluding carboxylic acids is 4. The van der Waals surface area contributed by atoms with Crippen molar-refractivity contribution in [3.8, 4) is 0 Å². The second-order valence-corrected chi connectivity index (χ2v) is 11.7. The summed E-state index contributed by atoms with van der Waals surface area (Å²) in [6.07, 6.45) is 1.46. The van der Waals surface area contributed by atoms with Crippen molar-refractivity contribution < 1.29 is 47.6 Å². The second-order valence-electron chi connectivity index (χ2n) is 11.7. The maximum Gasteiger partial charge on any atom is 0.511 e. The van der Waals surface area contributed by atoms with Crippen molar-refractivity contribution in [2.75, 3.05) is 6.61 Å². The number of ketones is 1. The molecule has 0 bridgehead atoms. The lowest BCUT2D eigenvalue weighted by atomic mass is 9.44. The van der Waals surface area contributed by atoms with Crippen molar-refractivity contribution >= 4 is 23.9 Å². The molecule has 0 aliphatic heterocycles. The molecule has 1 N–H and O–H groups in total. The van der Waals surface area contributed by atoms with Gasteiger partial charge >= 0.3 is 18.1 Å². The number of aliphatic hydroxyl groups excluding tert-OH is 1. The summed E-state index contributed by atoms with van der Waals surface area (Å²) in [6, 6.07) is 0. The van der Waals surface area contributed by atoms with Crippen LogP contribution >= 0.6 is 0 Å². The first-order chi connectivity index (χ1) is 18.2. The zero-order chi connectivity index (χ0) is 29.0. The van der Waals surface area contributed by atoms with E-state index >= 15 is 4.39 Å². The number of hydrogen-bond donors (Lipinski definition) is 1. The lowest BCUT2D eigenvalue weighted by molar-refractivity contribution is -0.243. The van der Waals surface area contributed by atoms with Gasteiger partial charge in [0.2, 0.25) is 11.9 Å². The van der Waals surface area contributed by atoms with Crippen LogP contribution in [-0.4, -0.2) is 59.3 Å². The van der Waals surface area contributed by atoms with E-state index in [2.05, 4.69) is 0 Å². The van der Waals surface area contributed by atoms with Gasteiger partial charge in [-0.3, -0.25) is 9.59 Å². The highest BCUT2D eigenvalue weighted by Gasteiger charge is 2.78. The van der Waals surface area contributed by atoms with Gasteiger partial charge in [-0.15, -0.1) is 0 Å². The molecule has 0 aromatic rings. The number of fused-ring (bicyclic) bond motifs is 5. The topological polar surface area (TPSA) is 125 Å². The third kappa shape index (κ3) is 4.12. The minimum absolute atomic E-state index is 0.0124. The first-order valence-electron chi connectivity index (χ1n) is 13.8. The Bertz CT molecular complexity index is 1120. The minimum Gasteiger partial charge on any atom is -0.446 e. The van der Waals surface area contributed by atoms with Gasteiger partial charge in [0, 0.05) is 36.0 Å². The fourth-order valence-corrected chi connectivity index (χ4v) is 8.03. The number of aliphatic hydroxyl groups is 1. The zero-order valence-corrected chi connectivity index (χ0v) is 23.5. The number of halogens is 1. The van der Waals surface area contributed by atoms with Crippen molar-refractivity contribution in [3.05, 3.63) is 23.8 Å². The molecule has 0 aromatic heterocycles. The van der Waals surface area contributed by atoms with Crippen LogP contribution in [0.1, 0.15) is 73.6 Å². The van der Waals surface area contributed by atoms with Crippen LogP contribution < -0.4 is 0 Å². The molecule has 216 valence electrons. The summed E-state index contributed by atoms with van der Waals surface area (Å²) in [5.41, 5.74) is -5.69. The Balaban J connectivity index is 1.75. The van der Waals surface area contributed by atoms with Gasteiger partial charge in [-0.1, -0.05) is 32.4 Å². The highest BCUT2D eigenvalue weighted by molar-refractivity contribution is 6.01. The Morgan fingerprint density at radius 1 is 1.18 bits per heavy atom. The largest absolute Gasteiger partial charge is 0.511 e. The Labute approximate surface area is 228 Å². The van der Waals surface area contributed by atoms with Crippen molar-refractivity contribution in [2.24, 2.45) is 28.6 Å². The molecule has 10 heteroatoms. The van der Waals surface area contributed by atoms with Gasteiger partial charge in [0.1, 0.15) is 0 Å².